The van der Waals surface area contributed by atoms with Gasteiger partial charge in [-0.15, -0.1) is 0 Å². The number of hydrazone groups is 1. The average Bonchev–Trinajstić information content (AvgIpc) is 2.97. The standard InChI is InChI=1S/C30H25N3O6/c1-37-25-14-8-21(9-15-25)28(34)32-24-12-6-22(7-13-24)29(35)33-31-19-20-4-3-5-27(18-20)39-30(36)23-10-16-26(38-2)17-11-23/h3-19H,1-2H3,(H,32,34)(H,33,35). The number of hydrogen-bond acceptors (Lipinski definition) is 7. The molecule has 0 aliphatic rings. The van der Waals surface area contributed by atoms with E-state index in [0.717, 1.165) is 0 Å². The van der Waals surface area contributed by atoms with Crippen LogP contribution in [0.2, 0.25) is 0 Å². The van der Waals surface area contributed by atoms with E-state index in [2.05, 4.69) is 15.8 Å². The van der Waals surface area contributed by atoms with Crippen LogP contribution in [0, 0.1) is 0 Å². The fourth-order valence-corrected chi connectivity index (χ4v) is 3.43. The summed E-state index contributed by atoms with van der Waals surface area (Å²) < 4.78 is 15.6. The lowest BCUT2D eigenvalue weighted by Crippen LogP contribution is -2.18. The molecule has 0 atom stereocenters. The molecule has 0 aliphatic carbocycles. The van der Waals surface area contributed by atoms with Crippen molar-refractivity contribution in [2.45, 2.75) is 0 Å². The smallest absolute Gasteiger partial charge is 0.343 e. The SMILES string of the molecule is COc1ccc(C(=O)Nc2ccc(C(=O)NN=Cc3cccc(OC(=O)c4ccc(OC)cc4)c3)cc2)cc1. The molecule has 0 aromatic heterocycles. The third-order valence-electron chi connectivity index (χ3n) is 5.53. The Labute approximate surface area is 225 Å². The maximum absolute atomic E-state index is 12.5. The summed E-state index contributed by atoms with van der Waals surface area (Å²) in [4.78, 5) is 37.3. The molecule has 196 valence electrons. The summed E-state index contributed by atoms with van der Waals surface area (Å²) in [7, 11) is 3.10. The van der Waals surface area contributed by atoms with Gasteiger partial charge >= 0.3 is 5.97 Å². The Bertz CT molecular complexity index is 1480. The fourth-order valence-electron chi connectivity index (χ4n) is 3.43. The number of esters is 1. The molecule has 2 N–H and O–H groups in total. The molecule has 0 heterocycles. The predicted octanol–water partition coefficient (Wildman–Crippen LogP) is 4.94. The molecule has 4 aromatic rings. The number of carbonyl (C=O) groups is 3. The van der Waals surface area contributed by atoms with Gasteiger partial charge in [-0.3, -0.25) is 9.59 Å². The number of nitrogens with zero attached hydrogens (tertiary/aromatic N) is 1. The van der Waals surface area contributed by atoms with Crippen LogP contribution in [-0.2, 0) is 0 Å². The minimum Gasteiger partial charge on any atom is -0.497 e. The van der Waals surface area contributed by atoms with Gasteiger partial charge in [-0.05, 0) is 90.5 Å². The molecule has 0 aliphatic heterocycles. The molecule has 0 radical (unpaired) electrons. The van der Waals surface area contributed by atoms with Crippen molar-refractivity contribution >= 4 is 29.7 Å². The second-order valence-corrected chi connectivity index (χ2v) is 8.15. The molecular weight excluding hydrogens is 498 g/mol. The van der Waals surface area contributed by atoms with Crippen LogP contribution in [0.4, 0.5) is 5.69 Å². The number of benzene rings is 4. The topological polar surface area (TPSA) is 115 Å². The molecule has 0 saturated heterocycles. The van der Waals surface area contributed by atoms with Crippen LogP contribution >= 0.6 is 0 Å². The van der Waals surface area contributed by atoms with Crippen LogP contribution < -0.4 is 25.0 Å². The van der Waals surface area contributed by atoms with Gasteiger partial charge in [0.1, 0.15) is 17.2 Å². The Morgan fingerprint density at radius 2 is 1.23 bits per heavy atom. The van der Waals surface area contributed by atoms with E-state index in [1.54, 1.807) is 111 Å². The van der Waals surface area contributed by atoms with Crippen LogP contribution in [0.25, 0.3) is 0 Å². The lowest BCUT2D eigenvalue weighted by atomic mass is 10.1. The first-order chi connectivity index (χ1) is 18.9. The number of methoxy groups -OCH3 is 2. The first-order valence-corrected chi connectivity index (χ1v) is 11.8. The van der Waals surface area contributed by atoms with Crippen LogP contribution in [0.5, 0.6) is 17.2 Å². The van der Waals surface area contributed by atoms with E-state index < -0.39 is 11.9 Å². The van der Waals surface area contributed by atoms with E-state index in [1.165, 1.54) is 6.21 Å². The minimum absolute atomic E-state index is 0.281. The van der Waals surface area contributed by atoms with Gasteiger partial charge in [-0.25, -0.2) is 10.2 Å². The molecule has 4 rings (SSSR count). The van der Waals surface area contributed by atoms with Crippen molar-refractivity contribution in [3.63, 3.8) is 0 Å². The summed E-state index contributed by atoms with van der Waals surface area (Å²) in [5.41, 5.74) is 4.83. The Morgan fingerprint density at radius 1 is 0.667 bits per heavy atom. The Kier molecular flexibility index (Phi) is 8.66. The van der Waals surface area contributed by atoms with Gasteiger partial charge in [0.25, 0.3) is 11.8 Å². The van der Waals surface area contributed by atoms with Crippen molar-refractivity contribution in [3.8, 4) is 17.2 Å². The maximum Gasteiger partial charge on any atom is 0.343 e. The van der Waals surface area contributed by atoms with Crippen LogP contribution in [0.15, 0.2) is 102 Å². The molecule has 0 fully saturated rings. The van der Waals surface area contributed by atoms with E-state index >= 15 is 0 Å². The Balaban J connectivity index is 1.30. The first-order valence-electron chi connectivity index (χ1n) is 11.8. The summed E-state index contributed by atoms with van der Waals surface area (Å²) in [5.74, 6) is 0.407. The zero-order valence-corrected chi connectivity index (χ0v) is 21.2. The van der Waals surface area contributed by atoms with E-state index in [9.17, 15) is 14.4 Å². The Morgan fingerprint density at radius 3 is 1.85 bits per heavy atom. The van der Waals surface area contributed by atoms with Crippen LogP contribution in [0.3, 0.4) is 0 Å². The van der Waals surface area contributed by atoms with Crippen LogP contribution in [-0.4, -0.2) is 38.2 Å². The second-order valence-electron chi connectivity index (χ2n) is 8.15. The van der Waals surface area contributed by atoms with Gasteiger partial charge < -0.3 is 19.5 Å². The zero-order valence-electron chi connectivity index (χ0n) is 21.2. The lowest BCUT2D eigenvalue weighted by Gasteiger charge is -2.07. The van der Waals surface area contributed by atoms with Crippen molar-refractivity contribution in [3.05, 3.63) is 119 Å². The molecule has 2 amide bonds. The van der Waals surface area contributed by atoms with Gasteiger partial charge in [-0.2, -0.15) is 5.10 Å². The monoisotopic (exact) mass is 523 g/mol. The molecule has 0 spiro atoms. The molecule has 0 unspecified atom stereocenters. The van der Waals surface area contributed by atoms with Crippen LogP contribution in [0.1, 0.15) is 36.6 Å². The molecule has 9 nitrogen and oxygen atoms in total. The van der Waals surface area contributed by atoms with Crippen molar-refractivity contribution in [1.82, 2.24) is 5.43 Å². The number of rotatable bonds is 9. The number of nitrogens with one attached hydrogen (secondary N) is 2. The van der Waals surface area contributed by atoms with E-state index in [-0.39, 0.29) is 5.91 Å². The lowest BCUT2D eigenvalue weighted by molar-refractivity contribution is 0.0734. The average molecular weight is 524 g/mol. The number of anilines is 1. The summed E-state index contributed by atoms with van der Waals surface area (Å²) in [5, 5.41) is 6.76. The summed E-state index contributed by atoms with van der Waals surface area (Å²) in [6.45, 7) is 0. The third-order valence-corrected chi connectivity index (χ3v) is 5.53. The predicted molar refractivity (Wildman–Crippen MR) is 147 cm³/mol. The third kappa shape index (κ3) is 7.30. The van der Waals surface area contributed by atoms with Gasteiger partial charge in [0.2, 0.25) is 0 Å². The quantitative estimate of drug-likeness (QED) is 0.139. The van der Waals surface area contributed by atoms with Crippen molar-refractivity contribution in [2.24, 2.45) is 5.10 Å². The minimum atomic E-state index is -0.510. The number of hydrogen-bond donors (Lipinski definition) is 2. The number of amides is 2. The second kappa shape index (κ2) is 12.7. The van der Waals surface area contributed by atoms with Gasteiger partial charge in [0.15, 0.2) is 0 Å². The van der Waals surface area contributed by atoms with Crippen molar-refractivity contribution < 1.29 is 28.6 Å². The van der Waals surface area contributed by atoms with Gasteiger partial charge in [0, 0.05) is 16.8 Å². The molecule has 9 heteroatoms. The summed E-state index contributed by atoms with van der Waals surface area (Å²) >= 11 is 0. The number of ether oxygens (including phenoxy) is 3. The highest BCUT2D eigenvalue weighted by atomic mass is 16.5. The van der Waals surface area contributed by atoms with Crippen molar-refractivity contribution in [1.29, 1.82) is 0 Å². The Hall–Kier alpha value is -5.44. The molecule has 0 bridgehead atoms. The summed E-state index contributed by atoms with van der Waals surface area (Å²) in [6.07, 6.45) is 1.44. The van der Waals surface area contributed by atoms with E-state index in [4.69, 9.17) is 14.2 Å². The fraction of sp³-hybridized carbons (Fsp3) is 0.0667. The molecular formula is C30H25N3O6. The van der Waals surface area contributed by atoms with Gasteiger partial charge in [0.05, 0.1) is 26.0 Å². The molecule has 4 aromatic carbocycles. The van der Waals surface area contributed by atoms with Crippen molar-refractivity contribution in [2.75, 3.05) is 19.5 Å². The normalized spacial score (nSPS) is 10.5. The highest BCUT2D eigenvalue weighted by molar-refractivity contribution is 6.04. The highest BCUT2D eigenvalue weighted by Gasteiger charge is 2.10. The zero-order chi connectivity index (χ0) is 27.6. The highest BCUT2D eigenvalue weighted by Crippen LogP contribution is 2.17. The summed E-state index contributed by atoms with van der Waals surface area (Å²) in [6, 6.07) is 26.4. The van der Waals surface area contributed by atoms with Gasteiger partial charge in [-0.1, -0.05) is 12.1 Å². The maximum atomic E-state index is 12.5. The van der Waals surface area contributed by atoms with E-state index in [1.807, 2.05) is 0 Å². The first kappa shape index (κ1) is 26.6. The largest absolute Gasteiger partial charge is 0.497 e. The van der Waals surface area contributed by atoms with E-state index in [0.29, 0.717) is 45.2 Å². The molecule has 0 saturated carbocycles. The molecule has 39 heavy (non-hydrogen) atoms. The number of carbonyl (C=O) groups excluding carboxylic acids is 3.